The van der Waals surface area contributed by atoms with Crippen LogP contribution in [-0.2, 0) is 9.53 Å². The van der Waals surface area contributed by atoms with Crippen LogP contribution in [0.15, 0.2) is 30.6 Å². The highest BCUT2D eigenvalue weighted by Gasteiger charge is 2.31. The minimum absolute atomic E-state index is 0.161. The number of imidazole rings is 1. The third-order valence-corrected chi connectivity index (χ3v) is 5.45. The molecule has 0 aliphatic carbocycles. The second kappa shape index (κ2) is 7.10. The number of carbonyl (C=O) groups excluding carboxylic acids is 1. The summed E-state index contributed by atoms with van der Waals surface area (Å²) in [6.45, 7) is 4.65. The van der Waals surface area contributed by atoms with Crippen LogP contribution < -0.4 is 10.6 Å². The Morgan fingerprint density at radius 3 is 2.89 bits per heavy atom. The molecule has 2 atom stereocenters. The van der Waals surface area contributed by atoms with E-state index >= 15 is 0 Å². The van der Waals surface area contributed by atoms with Crippen LogP contribution in [0, 0.1) is 12.8 Å². The fourth-order valence-corrected chi connectivity index (χ4v) is 3.80. The third-order valence-electron chi connectivity index (χ3n) is 5.45. The maximum atomic E-state index is 12.0. The monoisotopic (exact) mass is 380 g/mol. The summed E-state index contributed by atoms with van der Waals surface area (Å²) in [6.07, 6.45) is 5.54. The summed E-state index contributed by atoms with van der Waals surface area (Å²) in [5.41, 5.74) is 8.72. The highest BCUT2D eigenvalue weighted by Crippen LogP contribution is 2.30. The molecule has 8 nitrogen and oxygen atoms in total. The first kappa shape index (κ1) is 18.2. The predicted octanol–water partition coefficient (Wildman–Crippen LogP) is 2.46. The number of ether oxygens (including phenoxy) is 1. The number of aromatic nitrogens is 4. The van der Waals surface area contributed by atoms with Gasteiger partial charge in [0.15, 0.2) is 0 Å². The van der Waals surface area contributed by atoms with E-state index in [-0.39, 0.29) is 23.9 Å². The van der Waals surface area contributed by atoms with Crippen LogP contribution in [0.4, 0.5) is 11.8 Å². The van der Waals surface area contributed by atoms with Crippen molar-refractivity contribution in [1.29, 1.82) is 0 Å². The van der Waals surface area contributed by atoms with Gasteiger partial charge in [-0.1, -0.05) is 0 Å². The topological polar surface area (TPSA) is 98.6 Å². The SMILES string of the molecule is COC(=O)[C@@H]1CC[C@H](C)N(c2cc(-c3ccc4cnc(C)n4c3)nc(N)n2)C1. The lowest BCUT2D eigenvalue weighted by Gasteiger charge is -2.37. The third kappa shape index (κ3) is 3.26. The van der Waals surface area contributed by atoms with Gasteiger partial charge in [0.05, 0.1) is 30.4 Å². The molecule has 1 saturated heterocycles. The maximum Gasteiger partial charge on any atom is 0.310 e. The highest BCUT2D eigenvalue weighted by atomic mass is 16.5. The average molecular weight is 380 g/mol. The van der Waals surface area contributed by atoms with Gasteiger partial charge >= 0.3 is 5.97 Å². The van der Waals surface area contributed by atoms with Gasteiger partial charge in [0.25, 0.3) is 0 Å². The van der Waals surface area contributed by atoms with Crippen LogP contribution in [0.5, 0.6) is 0 Å². The molecule has 1 aliphatic heterocycles. The number of carbonyl (C=O) groups is 1. The lowest BCUT2D eigenvalue weighted by atomic mass is 9.93. The molecule has 28 heavy (non-hydrogen) atoms. The molecule has 4 heterocycles. The first-order valence-corrected chi connectivity index (χ1v) is 9.39. The standard InChI is InChI=1S/C20H24N6O2/c1-12-4-5-15(19(27)28-3)11-25(12)18-8-17(23-20(21)24-18)14-6-7-16-9-22-13(2)26(16)10-14/h6-10,12,15H,4-5,11H2,1-3H3,(H2,21,23,24)/t12-,15+/m0/s1. The van der Waals surface area contributed by atoms with Crippen LogP contribution in [0.25, 0.3) is 16.8 Å². The van der Waals surface area contributed by atoms with E-state index in [1.165, 1.54) is 7.11 Å². The van der Waals surface area contributed by atoms with E-state index in [2.05, 4.69) is 26.8 Å². The first-order chi connectivity index (χ1) is 13.5. The average Bonchev–Trinajstić information content (AvgIpc) is 3.07. The molecule has 0 unspecified atom stereocenters. The zero-order valence-corrected chi connectivity index (χ0v) is 16.3. The molecule has 3 aromatic rings. The van der Waals surface area contributed by atoms with Gasteiger partial charge in [0, 0.05) is 30.4 Å². The van der Waals surface area contributed by atoms with Gasteiger partial charge in [-0.15, -0.1) is 0 Å². The van der Waals surface area contributed by atoms with Crippen molar-refractivity contribution in [2.24, 2.45) is 5.92 Å². The summed E-state index contributed by atoms with van der Waals surface area (Å²) in [5.74, 6) is 1.50. The fourth-order valence-electron chi connectivity index (χ4n) is 3.80. The van der Waals surface area contributed by atoms with E-state index in [4.69, 9.17) is 10.5 Å². The van der Waals surface area contributed by atoms with Gasteiger partial charge in [0.1, 0.15) is 11.6 Å². The molecular weight excluding hydrogens is 356 g/mol. The smallest absolute Gasteiger partial charge is 0.310 e. The zero-order chi connectivity index (χ0) is 19.8. The van der Waals surface area contributed by atoms with Crippen molar-refractivity contribution in [2.75, 3.05) is 24.3 Å². The number of fused-ring (bicyclic) bond motifs is 1. The molecule has 1 aliphatic rings. The number of hydrogen-bond acceptors (Lipinski definition) is 7. The van der Waals surface area contributed by atoms with E-state index in [1.807, 2.05) is 41.9 Å². The summed E-state index contributed by atoms with van der Waals surface area (Å²) >= 11 is 0. The minimum atomic E-state index is -0.180. The number of nitrogens with two attached hydrogens (primary N) is 1. The van der Waals surface area contributed by atoms with Gasteiger partial charge < -0.3 is 19.8 Å². The van der Waals surface area contributed by atoms with Crippen LogP contribution in [-0.4, -0.2) is 45.0 Å². The van der Waals surface area contributed by atoms with E-state index in [0.29, 0.717) is 6.54 Å². The summed E-state index contributed by atoms with van der Waals surface area (Å²) in [6, 6.07) is 6.18. The molecular formula is C20H24N6O2. The van der Waals surface area contributed by atoms with Crippen molar-refractivity contribution in [1.82, 2.24) is 19.4 Å². The molecule has 146 valence electrons. The second-order valence-electron chi connectivity index (χ2n) is 7.29. The number of piperidine rings is 1. The summed E-state index contributed by atoms with van der Waals surface area (Å²) in [4.78, 5) is 27.3. The number of pyridine rings is 1. The number of anilines is 2. The molecule has 0 spiro atoms. The number of methoxy groups -OCH3 is 1. The van der Waals surface area contributed by atoms with Gasteiger partial charge in [0.2, 0.25) is 5.95 Å². The lowest BCUT2D eigenvalue weighted by molar-refractivity contribution is -0.145. The van der Waals surface area contributed by atoms with Crippen molar-refractivity contribution >= 4 is 23.3 Å². The van der Waals surface area contributed by atoms with E-state index in [1.54, 1.807) is 0 Å². The van der Waals surface area contributed by atoms with Gasteiger partial charge in [-0.3, -0.25) is 4.79 Å². The zero-order valence-electron chi connectivity index (χ0n) is 16.3. The Balaban J connectivity index is 1.71. The highest BCUT2D eigenvalue weighted by molar-refractivity contribution is 5.74. The van der Waals surface area contributed by atoms with Crippen molar-refractivity contribution in [3.8, 4) is 11.3 Å². The Hall–Kier alpha value is -3.16. The molecule has 1 fully saturated rings. The minimum Gasteiger partial charge on any atom is -0.469 e. The van der Waals surface area contributed by atoms with Gasteiger partial charge in [-0.05, 0) is 38.8 Å². The van der Waals surface area contributed by atoms with Crippen molar-refractivity contribution in [2.45, 2.75) is 32.7 Å². The Labute approximate surface area is 163 Å². The van der Waals surface area contributed by atoms with Crippen LogP contribution in [0.1, 0.15) is 25.6 Å². The number of esters is 1. The Morgan fingerprint density at radius 1 is 1.29 bits per heavy atom. The fraction of sp³-hybridized carbons (Fsp3) is 0.400. The predicted molar refractivity (Wildman–Crippen MR) is 107 cm³/mol. The van der Waals surface area contributed by atoms with Crippen molar-refractivity contribution in [3.05, 3.63) is 36.4 Å². The second-order valence-corrected chi connectivity index (χ2v) is 7.29. The molecule has 2 N–H and O–H groups in total. The first-order valence-electron chi connectivity index (χ1n) is 9.39. The van der Waals surface area contributed by atoms with Crippen LogP contribution in [0.3, 0.4) is 0 Å². The Kier molecular flexibility index (Phi) is 4.62. The number of hydrogen-bond donors (Lipinski definition) is 1. The summed E-state index contributed by atoms with van der Waals surface area (Å²) < 4.78 is 6.96. The van der Waals surface area contributed by atoms with Crippen LogP contribution in [0.2, 0.25) is 0 Å². The van der Waals surface area contributed by atoms with Gasteiger partial charge in [-0.2, -0.15) is 4.98 Å². The molecule has 0 amide bonds. The molecule has 0 radical (unpaired) electrons. The van der Waals surface area contributed by atoms with Gasteiger partial charge in [-0.25, -0.2) is 9.97 Å². The Bertz CT molecular complexity index is 1030. The summed E-state index contributed by atoms with van der Waals surface area (Å²) in [7, 11) is 1.43. The number of rotatable bonds is 3. The molecule has 0 aromatic carbocycles. The molecule has 3 aromatic heterocycles. The molecule has 0 bridgehead atoms. The normalized spacial score (nSPS) is 19.8. The molecule has 8 heteroatoms. The molecule has 4 rings (SSSR count). The number of aryl methyl sites for hydroxylation is 1. The van der Waals surface area contributed by atoms with E-state index < -0.39 is 0 Å². The van der Waals surface area contributed by atoms with Crippen molar-refractivity contribution in [3.63, 3.8) is 0 Å². The summed E-state index contributed by atoms with van der Waals surface area (Å²) in [5, 5.41) is 0. The van der Waals surface area contributed by atoms with E-state index in [0.717, 1.165) is 41.3 Å². The largest absolute Gasteiger partial charge is 0.469 e. The quantitative estimate of drug-likeness (QED) is 0.697. The maximum absolute atomic E-state index is 12.0. The van der Waals surface area contributed by atoms with E-state index in [9.17, 15) is 4.79 Å². The van der Waals surface area contributed by atoms with Crippen molar-refractivity contribution < 1.29 is 9.53 Å². The lowest BCUT2D eigenvalue weighted by Crippen LogP contribution is -2.45. The Morgan fingerprint density at radius 2 is 2.11 bits per heavy atom. The molecule has 0 saturated carbocycles. The number of nitrogen functional groups attached to an aromatic ring is 1. The number of nitrogens with zero attached hydrogens (tertiary/aromatic N) is 5. The van der Waals surface area contributed by atoms with Crippen LogP contribution >= 0.6 is 0 Å².